The van der Waals surface area contributed by atoms with Crippen LogP contribution in [0.25, 0.3) is 5.69 Å². The minimum absolute atomic E-state index is 0.200. The fraction of sp³-hybridized carbons (Fsp3) is 0.400. The lowest BCUT2D eigenvalue weighted by atomic mass is 9.93. The molecule has 0 bridgehead atoms. The molecule has 1 aromatic heterocycles. The maximum Gasteiger partial charge on any atom is 0.307 e. The Hall–Kier alpha value is -1.82. The zero-order valence-corrected chi connectivity index (χ0v) is 13.7. The zero-order valence-electron chi connectivity index (χ0n) is 12.9. The first-order valence-electron chi connectivity index (χ1n) is 6.63. The van der Waals surface area contributed by atoms with Crippen LogP contribution in [0.3, 0.4) is 0 Å². The predicted molar refractivity (Wildman–Crippen MR) is 82.5 cm³/mol. The van der Waals surface area contributed by atoms with Gasteiger partial charge in [-0.1, -0.05) is 38.5 Å². The third-order valence-electron chi connectivity index (χ3n) is 2.96. The van der Waals surface area contributed by atoms with Crippen LogP contribution in [-0.4, -0.2) is 24.5 Å². The number of hydrogen-bond acceptors (Lipinski definition) is 4. The second-order valence-corrected chi connectivity index (χ2v) is 7.73. The van der Waals surface area contributed by atoms with Gasteiger partial charge in [0.1, 0.15) is 0 Å². The highest BCUT2D eigenvalue weighted by Gasteiger charge is 2.22. The van der Waals surface area contributed by atoms with Crippen LogP contribution in [0.1, 0.15) is 32.0 Å². The van der Waals surface area contributed by atoms with E-state index in [-0.39, 0.29) is 11.3 Å². The smallest absolute Gasteiger partial charge is 0.307 e. The van der Waals surface area contributed by atoms with Crippen LogP contribution < -0.4 is 4.18 Å². The predicted octanol–water partition coefficient (Wildman–Crippen LogP) is 2.82. The van der Waals surface area contributed by atoms with Crippen LogP contribution in [0.15, 0.2) is 30.3 Å². The maximum absolute atomic E-state index is 11.4. The van der Waals surface area contributed by atoms with Crippen molar-refractivity contribution in [3.05, 3.63) is 41.6 Å². The molecule has 0 aliphatic heterocycles. The van der Waals surface area contributed by atoms with E-state index in [0.717, 1.165) is 23.2 Å². The van der Waals surface area contributed by atoms with Crippen molar-refractivity contribution in [2.75, 3.05) is 6.26 Å². The normalized spacial score (nSPS) is 12.4. The maximum atomic E-state index is 11.4. The van der Waals surface area contributed by atoms with Crippen molar-refractivity contribution < 1.29 is 12.6 Å². The highest BCUT2D eigenvalue weighted by Crippen LogP contribution is 2.28. The molecule has 21 heavy (non-hydrogen) atoms. The summed E-state index contributed by atoms with van der Waals surface area (Å²) in [5, 5.41) is 4.49. The highest BCUT2D eigenvalue weighted by atomic mass is 32.2. The van der Waals surface area contributed by atoms with Gasteiger partial charge in [-0.05, 0) is 19.1 Å². The Bertz CT molecular complexity index is 738. The quantitative estimate of drug-likeness (QED) is 0.818. The number of nitrogens with zero attached hydrogens (tertiary/aromatic N) is 2. The Kier molecular flexibility index (Phi) is 3.84. The fourth-order valence-electron chi connectivity index (χ4n) is 1.82. The first kappa shape index (κ1) is 15.6. The van der Waals surface area contributed by atoms with E-state index in [1.54, 1.807) is 6.07 Å². The van der Waals surface area contributed by atoms with Crippen LogP contribution in [0.5, 0.6) is 5.88 Å². The molecule has 0 aliphatic carbocycles. The molecule has 6 heteroatoms. The molecule has 0 radical (unpaired) electrons. The number of rotatable bonds is 3. The van der Waals surface area contributed by atoms with E-state index < -0.39 is 10.1 Å². The molecule has 0 unspecified atom stereocenters. The van der Waals surface area contributed by atoms with E-state index in [4.69, 9.17) is 4.18 Å². The van der Waals surface area contributed by atoms with E-state index in [0.29, 0.717) is 0 Å². The molecule has 0 saturated heterocycles. The minimum Gasteiger partial charge on any atom is -0.362 e. The summed E-state index contributed by atoms with van der Waals surface area (Å²) in [7, 11) is -3.61. The summed E-state index contributed by atoms with van der Waals surface area (Å²) < 4.78 is 29.4. The standard InChI is InChI=1S/C15H20N2O3S/c1-11-6-8-12(9-7-11)17-14(20-21(5,18)19)10-13(16-17)15(2,3)4/h6-10H,1-5H3. The SMILES string of the molecule is Cc1ccc(-n2nc(C(C)(C)C)cc2OS(C)(=O)=O)cc1. The number of benzene rings is 1. The fourth-order valence-corrected chi connectivity index (χ4v) is 2.24. The number of aryl methyl sites for hydroxylation is 1. The zero-order chi connectivity index (χ0) is 15.8. The lowest BCUT2D eigenvalue weighted by Gasteiger charge is -2.13. The van der Waals surface area contributed by atoms with Crippen molar-refractivity contribution in [1.82, 2.24) is 9.78 Å². The van der Waals surface area contributed by atoms with Crippen molar-refractivity contribution in [3.63, 3.8) is 0 Å². The second kappa shape index (κ2) is 5.18. The molecule has 0 N–H and O–H groups in total. The van der Waals surface area contributed by atoms with Gasteiger partial charge in [0.25, 0.3) is 0 Å². The molecule has 5 nitrogen and oxygen atoms in total. The molecule has 0 amide bonds. The van der Waals surface area contributed by atoms with E-state index in [2.05, 4.69) is 5.10 Å². The van der Waals surface area contributed by atoms with Gasteiger partial charge in [-0.3, -0.25) is 0 Å². The molecule has 0 aliphatic rings. The average molecular weight is 308 g/mol. The molecule has 0 fully saturated rings. The van der Waals surface area contributed by atoms with E-state index >= 15 is 0 Å². The van der Waals surface area contributed by atoms with Gasteiger partial charge in [0, 0.05) is 11.5 Å². The molecule has 0 spiro atoms. The first-order valence-corrected chi connectivity index (χ1v) is 8.45. The lowest BCUT2D eigenvalue weighted by Crippen LogP contribution is -2.12. The lowest BCUT2D eigenvalue weighted by molar-refractivity contribution is 0.471. The van der Waals surface area contributed by atoms with Crippen LogP contribution in [0.2, 0.25) is 0 Å². The Morgan fingerprint density at radius 3 is 2.19 bits per heavy atom. The van der Waals surface area contributed by atoms with Crippen LogP contribution in [-0.2, 0) is 15.5 Å². The molecule has 1 heterocycles. The van der Waals surface area contributed by atoms with Crippen molar-refractivity contribution in [1.29, 1.82) is 0 Å². The molecule has 0 saturated carbocycles. The molecule has 2 rings (SSSR count). The summed E-state index contributed by atoms with van der Waals surface area (Å²) in [4.78, 5) is 0. The molecule has 1 aromatic carbocycles. The summed E-state index contributed by atoms with van der Waals surface area (Å²) in [5.74, 6) is 0.200. The van der Waals surface area contributed by atoms with Gasteiger partial charge >= 0.3 is 10.1 Å². The van der Waals surface area contributed by atoms with Crippen molar-refractivity contribution in [2.45, 2.75) is 33.1 Å². The van der Waals surface area contributed by atoms with Gasteiger partial charge in [0.05, 0.1) is 17.6 Å². The van der Waals surface area contributed by atoms with Gasteiger partial charge in [0.15, 0.2) is 0 Å². The third-order valence-corrected chi connectivity index (χ3v) is 3.43. The summed E-state index contributed by atoms with van der Waals surface area (Å²) in [5.41, 5.74) is 2.44. The first-order chi connectivity index (χ1) is 9.56. The molecule has 2 aromatic rings. The third kappa shape index (κ3) is 3.85. The average Bonchev–Trinajstić information content (AvgIpc) is 2.71. The summed E-state index contributed by atoms with van der Waals surface area (Å²) in [6.07, 6.45) is 1.02. The molecular weight excluding hydrogens is 288 g/mol. The summed E-state index contributed by atoms with van der Waals surface area (Å²) in [6.45, 7) is 8.03. The van der Waals surface area contributed by atoms with Gasteiger partial charge in [0.2, 0.25) is 5.88 Å². The summed E-state index contributed by atoms with van der Waals surface area (Å²) >= 11 is 0. The monoisotopic (exact) mass is 308 g/mol. The summed E-state index contributed by atoms with van der Waals surface area (Å²) in [6, 6.07) is 9.31. The second-order valence-electron chi connectivity index (χ2n) is 6.15. The molecule has 0 atom stereocenters. The highest BCUT2D eigenvalue weighted by molar-refractivity contribution is 7.86. The van der Waals surface area contributed by atoms with E-state index in [9.17, 15) is 8.42 Å². The van der Waals surface area contributed by atoms with Gasteiger partial charge in [-0.2, -0.15) is 18.2 Å². The molecular formula is C15H20N2O3S. The largest absolute Gasteiger partial charge is 0.362 e. The van der Waals surface area contributed by atoms with Crippen LogP contribution in [0, 0.1) is 6.92 Å². The molecule has 114 valence electrons. The van der Waals surface area contributed by atoms with Crippen molar-refractivity contribution >= 4 is 10.1 Å². The Morgan fingerprint density at radius 2 is 1.71 bits per heavy atom. The Balaban J connectivity index is 2.57. The minimum atomic E-state index is -3.61. The van der Waals surface area contributed by atoms with E-state index in [1.807, 2.05) is 52.0 Å². The number of aromatic nitrogens is 2. The van der Waals surface area contributed by atoms with Gasteiger partial charge in [-0.15, -0.1) is 0 Å². The number of hydrogen-bond donors (Lipinski definition) is 0. The van der Waals surface area contributed by atoms with Gasteiger partial charge < -0.3 is 4.18 Å². The van der Waals surface area contributed by atoms with Crippen molar-refractivity contribution in [3.8, 4) is 11.6 Å². The van der Waals surface area contributed by atoms with Crippen molar-refractivity contribution in [2.24, 2.45) is 0 Å². The van der Waals surface area contributed by atoms with Crippen LogP contribution in [0.4, 0.5) is 0 Å². The van der Waals surface area contributed by atoms with Gasteiger partial charge in [-0.25, -0.2) is 0 Å². The topological polar surface area (TPSA) is 61.2 Å². The Labute approximate surface area is 125 Å². The Morgan fingerprint density at radius 1 is 1.14 bits per heavy atom. The van der Waals surface area contributed by atoms with Crippen LogP contribution >= 0.6 is 0 Å². The van der Waals surface area contributed by atoms with E-state index in [1.165, 1.54) is 4.68 Å².